The van der Waals surface area contributed by atoms with Crippen molar-refractivity contribution in [2.75, 3.05) is 5.75 Å². The highest BCUT2D eigenvalue weighted by molar-refractivity contribution is 7.91. The Morgan fingerprint density at radius 3 is 2.70 bits per heavy atom. The first-order chi connectivity index (χ1) is 10.9. The molecule has 2 atom stereocenters. The Morgan fingerprint density at radius 1 is 1.26 bits per heavy atom. The van der Waals surface area contributed by atoms with E-state index in [0.29, 0.717) is 11.7 Å². The Hall–Kier alpha value is -1.51. The van der Waals surface area contributed by atoms with Crippen LogP contribution < -0.4 is 5.32 Å². The van der Waals surface area contributed by atoms with Gasteiger partial charge in [-0.2, -0.15) is 0 Å². The smallest absolute Gasteiger partial charge is 0.235 e. The molecule has 0 radical (unpaired) electrons. The third-order valence-corrected chi connectivity index (χ3v) is 6.01. The van der Waals surface area contributed by atoms with Crippen LogP contribution in [-0.4, -0.2) is 46.3 Å². The predicted molar refractivity (Wildman–Crippen MR) is 83.1 cm³/mol. The monoisotopic (exact) mass is 341 g/mol. The Morgan fingerprint density at radius 2 is 2.00 bits per heavy atom. The second kappa shape index (κ2) is 6.54. The van der Waals surface area contributed by atoms with E-state index in [4.69, 9.17) is 0 Å². The zero-order valence-corrected chi connectivity index (χ0v) is 14.1. The van der Waals surface area contributed by atoms with Crippen molar-refractivity contribution >= 4 is 15.7 Å². The topological polar surface area (TPSA) is 107 Å². The number of aromatic nitrogens is 4. The molecule has 2 aliphatic rings. The van der Waals surface area contributed by atoms with Crippen LogP contribution in [0.2, 0.25) is 0 Å². The minimum absolute atomic E-state index is 0.0863. The van der Waals surface area contributed by atoms with E-state index in [-0.39, 0.29) is 17.8 Å². The number of tetrazole rings is 1. The Balaban J connectivity index is 1.57. The molecule has 0 aromatic carbocycles. The van der Waals surface area contributed by atoms with Gasteiger partial charge >= 0.3 is 0 Å². The molecular formula is C14H23N5O3S. The summed E-state index contributed by atoms with van der Waals surface area (Å²) in [7, 11) is -3.58. The second-order valence-corrected chi connectivity index (χ2v) is 8.80. The third kappa shape index (κ3) is 4.27. The lowest BCUT2D eigenvalue weighted by atomic mass is 9.86. The van der Waals surface area contributed by atoms with E-state index in [9.17, 15) is 13.2 Å². The molecule has 0 bridgehead atoms. The van der Waals surface area contributed by atoms with Crippen LogP contribution in [0.15, 0.2) is 0 Å². The number of carbonyl (C=O) groups excluding carboxylic acids is 1. The van der Waals surface area contributed by atoms with Crippen molar-refractivity contribution in [3.05, 3.63) is 5.82 Å². The lowest BCUT2D eigenvalue weighted by Gasteiger charge is -2.29. The summed E-state index contributed by atoms with van der Waals surface area (Å²) in [6.45, 7) is 2.10. The summed E-state index contributed by atoms with van der Waals surface area (Å²) in [6, 6.07) is 0.301. The normalized spacial score (nSPS) is 25.3. The van der Waals surface area contributed by atoms with E-state index >= 15 is 0 Å². The average Bonchev–Trinajstić information content (AvgIpc) is 3.21. The minimum Gasteiger partial charge on any atom is -0.352 e. The van der Waals surface area contributed by atoms with Crippen LogP contribution in [0.3, 0.4) is 0 Å². The molecule has 8 nitrogen and oxygen atoms in total. The SMILES string of the molecule is CC1CCCCC1NC(=O)CS(=O)(=O)Cc1nnnn1C1CC1. The maximum Gasteiger partial charge on any atom is 0.235 e. The van der Waals surface area contributed by atoms with Gasteiger partial charge in [0.15, 0.2) is 15.7 Å². The minimum atomic E-state index is -3.58. The van der Waals surface area contributed by atoms with Gasteiger partial charge in [0.2, 0.25) is 5.91 Å². The number of nitrogens with one attached hydrogen (secondary N) is 1. The molecule has 0 saturated heterocycles. The first kappa shape index (κ1) is 16.4. The summed E-state index contributed by atoms with van der Waals surface area (Å²) in [5.41, 5.74) is 0. The molecule has 1 heterocycles. The third-order valence-electron chi connectivity index (χ3n) is 4.61. The molecule has 2 aliphatic carbocycles. The second-order valence-electron chi connectivity index (χ2n) is 6.74. The van der Waals surface area contributed by atoms with Gasteiger partial charge in [-0.3, -0.25) is 4.79 Å². The number of hydrogen-bond acceptors (Lipinski definition) is 6. The Labute approximate surface area is 135 Å². The fourth-order valence-corrected chi connectivity index (χ4v) is 4.30. The summed E-state index contributed by atoms with van der Waals surface area (Å²) >= 11 is 0. The van der Waals surface area contributed by atoms with Crippen molar-refractivity contribution in [2.45, 2.75) is 63.3 Å². The highest BCUT2D eigenvalue weighted by Crippen LogP contribution is 2.34. The van der Waals surface area contributed by atoms with Gasteiger partial charge in [-0.1, -0.05) is 19.8 Å². The highest BCUT2D eigenvalue weighted by Gasteiger charge is 2.31. The van der Waals surface area contributed by atoms with E-state index in [0.717, 1.165) is 32.1 Å². The van der Waals surface area contributed by atoms with E-state index in [2.05, 4.69) is 27.8 Å². The van der Waals surface area contributed by atoms with Crippen molar-refractivity contribution in [3.63, 3.8) is 0 Å². The van der Waals surface area contributed by atoms with Gasteiger partial charge in [0, 0.05) is 6.04 Å². The molecule has 2 unspecified atom stereocenters. The van der Waals surface area contributed by atoms with Gasteiger partial charge < -0.3 is 5.32 Å². The van der Waals surface area contributed by atoms with Crippen LogP contribution in [0.25, 0.3) is 0 Å². The highest BCUT2D eigenvalue weighted by atomic mass is 32.2. The van der Waals surface area contributed by atoms with Gasteiger partial charge in [-0.25, -0.2) is 13.1 Å². The molecule has 2 saturated carbocycles. The Bertz CT molecular complexity index is 668. The number of hydrogen-bond donors (Lipinski definition) is 1. The zero-order valence-electron chi connectivity index (χ0n) is 13.3. The summed E-state index contributed by atoms with van der Waals surface area (Å²) < 4.78 is 26.1. The van der Waals surface area contributed by atoms with Gasteiger partial charge in [0.25, 0.3) is 0 Å². The molecule has 0 aliphatic heterocycles. The van der Waals surface area contributed by atoms with Crippen LogP contribution in [0.4, 0.5) is 0 Å². The molecule has 0 spiro atoms. The Kier molecular flexibility index (Phi) is 4.65. The summed E-state index contributed by atoms with van der Waals surface area (Å²) in [5, 5.41) is 14.0. The van der Waals surface area contributed by atoms with Crippen molar-refractivity contribution < 1.29 is 13.2 Å². The first-order valence-corrected chi connectivity index (χ1v) is 10.0. The standard InChI is InChI=1S/C14H23N5O3S/c1-10-4-2-3-5-12(10)15-14(20)9-23(21,22)8-13-16-17-18-19(13)11-6-7-11/h10-12H,2-9H2,1H3,(H,15,20). The number of nitrogens with zero attached hydrogens (tertiary/aromatic N) is 4. The van der Waals surface area contributed by atoms with Crippen molar-refractivity contribution in [3.8, 4) is 0 Å². The quantitative estimate of drug-likeness (QED) is 0.813. The molecule has 2 fully saturated rings. The predicted octanol–water partition coefficient (Wildman–Crippen LogP) is 0.618. The number of rotatable bonds is 6. The van der Waals surface area contributed by atoms with Gasteiger partial charge in [0.1, 0.15) is 11.5 Å². The van der Waals surface area contributed by atoms with Crippen LogP contribution in [0.5, 0.6) is 0 Å². The number of amides is 1. The largest absolute Gasteiger partial charge is 0.352 e. The fraction of sp³-hybridized carbons (Fsp3) is 0.857. The number of carbonyl (C=O) groups is 1. The summed E-state index contributed by atoms with van der Waals surface area (Å²) in [6.07, 6.45) is 6.20. The van der Waals surface area contributed by atoms with E-state index in [1.807, 2.05) is 0 Å². The van der Waals surface area contributed by atoms with Crippen molar-refractivity contribution in [1.29, 1.82) is 0 Å². The fourth-order valence-electron chi connectivity index (χ4n) is 3.14. The zero-order chi connectivity index (χ0) is 16.4. The van der Waals surface area contributed by atoms with E-state index in [1.54, 1.807) is 4.68 Å². The molecule has 3 rings (SSSR count). The maximum atomic E-state index is 12.3. The molecule has 1 aromatic rings. The molecule has 9 heteroatoms. The molecule has 1 aromatic heterocycles. The van der Waals surface area contributed by atoms with Gasteiger partial charge in [-0.15, -0.1) is 5.10 Å². The lowest BCUT2D eigenvalue weighted by molar-refractivity contribution is -0.119. The molecule has 1 N–H and O–H groups in total. The van der Waals surface area contributed by atoms with E-state index < -0.39 is 21.5 Å². The van der Waals surface area contributed by atoms with Crippen LogP contribution in [-0.2, 0) is 20.4 Å². The summed E-state index contributed by atoms with van der Waals surface area (Å²) in [4.78, 5) is 12.1. The molecule has 128 valence electrons. The van der Waals surface area contributed by atoms with E-state index in [1.165, 1.54) is 6.42 Å². The lowest BCUT2D eigenvalue weighted by Crippen LogP contribution is -2.43. The molecular weight excluding hydrogens is 318 g/mol. The number of sulfone groups is 1. The maximum absolute atomic E-state index is 12.3. The van der Waals surface area contributed by atoms with Gasteiger partial charge in [-0.05, 0) is 42.0 Å². The van der Waals surface area contributed by atoms with Crippen LogP contribution in [0.1, 0.15) is 57.3 Å². The van der Waals surface area contributed by atoms with Crippen molar-refractivity contribution in [2.24, 2.45) is 5.92 Å². The first-order valence-electron chi connectivity index (χ1n) is 8.21. The molecule has 1 amide bonds. The van der Waals surface area contributed by atoms with Crippen LogP contribution >= 0.6 is 0 Å². The van der Waals surface area contributed by atoms with Crippen molar-refractivity contribution in [1.82, 2.24) is 25.5 Å². The van der Waals surface area contributed by atoms with Gasteiger partial charge in [0.05, 0.1) is 6.04 Å². The summed E-state index contributed by atoms with van der Waals surface area (Å²) in [5.74, 6) is -0.490. The molecule has 23 heavy (non-hydrogen) atoms. The van der Waals surface area contributed by atoms with Crippen LogP contribution in [0, 0.1) is 5.92 Å². The average molecular weight is 341 g/mol.